The van der Waals surface area contributed by atoms with E-state index in [2.05, 4.69) is 27.1 Å². The van der Waals surface area contributed by atoms with Crippen molar-refractivity contribution in [3.05, 3.63) is 33.0 Å². The minimum absolute atomic E-state index is 0.414. The highest BCUT2D eigenvalue weighted by atomic mass is 32.1. The van der Waals surface area contributed by atoms with Gasteiger partial charge in [0.25, 0.3) is 0 Å². The van der Waals surface area contributed by atoms with E-state index in [4.69, 9.17) is 0 Å². The third kappa shape index (κ3) is 2.86. The lowest BCUT2D eigenvalue weighted by Crippen LogP contribution is -2.17. The number of thiophene rings is 1. The Kier molecular flexibility index (Phi) is 4.03. The molecule has 0 aromatic carbocycles. The standard InChI is InChI=1S/C14H16N2O2S2/c17-13(18)10-2-1-3-11-12(10)16-14(20-11)15-6-4-9-5-7-19-8-9/h5,7-8,10H,1-4,6H2,(H,15,16)(H,17,18). The normalized spacial score (nSPS) is 17.7. The smallest absolute Gasteiger partial charge is 0.312 e. The summed E-state index contributed by atoms with van der Waals surface area (Å²) in [5.74, 6) is -1.16. The number of hydrogen-bond acceptors (Lipinski definition) is 5. The summed E-state index contributed by atoms with van der Waals surface area (Å²) < 4.78 is 0. The average molecular weight is 308 g/mol. The van der Waals surface area contributed by atoms with Crippen LogP contribution in [0.1, 0.15) is 34.9 Å². The van der Waals surface area contributed by atoms with Gasteiger partial charge in [0.05, 0.1) is 5.69 Å². The zero-order valence-corrected chi connectivity index (χ0v) is 12.6. The van der Waals surface area contributed by atoms with Gasteiger partial charge in [-0.3, -0.25) is 4.79 Å². The minimum Gasteiger partial charge on any atom is -0.481 e. The third-order valence-electron chi connectivity index (χ3n) is 3.52. The summed E-state index contributed by atoms with van der Waals surface area (Å²) in [4.78, 5) is 16.9. The number of hydrogen-bond donors (Lipinski definition) is 2. The number of rotatable bonds is 5. The molecule has 1 atom stereocenters. The Hall–Kier alpha value is -1.40. The van der Waals surface area contributed by atoms with Crippen molar-refractivity contribution in [1.29, 1.82) is 0 Å². The number of aliphatic carboxylic acids is 1. The molecule has 1 aliphatic carbocycles. The summed E-state index contributed by atoms with van der Waals surface area (Å²) in [7, 11) is 0. The van der Waals surface area contributed by atoms with Gasteiger partial charge in [-0.1, -0.05) is 0 Å². The highest BCUT2D eigenvalue weighted by Gasteiger charge is 2.29. The molecule has 2 aromatic heterocycles. The number of carboxylic acid groups (broad SMARTS) is 1. The molecule has 6 heteroatoms. The lowest BCUT2D eigenvalue weighted by atomic mass is 9.91. The van der Waals surface area contributed by atoms with Crippen molar-refractivity contribution in [2.45, 2.75) is 31.6 Å². The lowest BCUT2D eigenvalue weighted by Gasteiger charge is -2.16. The first kappa shape index (κ1) is 13.6. The van der Waals surface area contributed by atoms with Gasteiger partial charge in [-0.2, -0.15) is 11.3 Å². The maximum atomic E-state index is 11.2. The largest absolute Gasteiger partial charge is 0.481 e. The van der Waals surface area contributed by atoms with Crippen LogP contribution in [0, 0.1) is 0 Å². The van der Waals surface area contributed by atoms with Crippen molar-refractivity contribution in [3.63, 3.8) is 0 Å². The van der Waals surface area contributed by atoms with Crippen LogP contribution < -0.4 is 5.32 Å². The van der Waals surface area contributed by atoms with Crippen LogP contribution in [0.25, 0.3) is 0 Å². The SMILES string of the molecule is O=C(O)C1CCCc2sc(NCCc3ccsc3)nc21. The van der Waals surface area contributed by atoms with Crippen molar-refractivity contribution in [3.8, 4) is 0 Å². The lowest BCUT2D eigenvalue weighted by molar-refractivity contribution is -0.139. The third-order valence-corrected chi connectivity index (χ3v) is 5.34. The Morgan fingerprint density at radius 3 is 3.20 bits per heavy atom. The monoisotopic (exact) mass is 308 g/mol. The molecule has 1 unspecified atom stereocenters. The summed E-state index contributed by atoms with van der Waals surface area (Å²) in [6.45, 7) is 0.834. The van der Waals surface area contributed by atoms with Gasteiger partial charge in [-0.15, -0.1) is 11.3 Å². The zero-order chi connectivity index (χ0) is 13.9. The van der Waals surface area contributed by atoms with Crippen molar-refractivity contribution < 1.29 is 9.90 Å². The van der Waals surface area contributed by atoms with Crippen LogP contribution in [0.5, 0.6) is 0 Å². The van der Waals surface area contributed by atoms with Crippen LogP contribution in [0.2, 0.25) is 0 Å². The van der Waals surface area contributed by atoms with Crippen molar-refractivity contribution in [1.82, 2.24) is 4.98 Å². The van der Waals surface area contributed by atoms with Crippen LogP contribution in [0.3, 0.4) is 0 Å². The molecule has 0 fully saturated rings. The van der Waals surface area contributed by atoms with Gasteiger partial charge in [0.1, 0.15) is 5.92 Å². The number of thiazole rings is 1. The highest BCUT2D eigenvalue weighted by molar-refractivity contribution is 7.15. The molecule has 3 rings (SSSR count). The molecule has 0 radical (unpaired) electrons. The summed E-state index contributed by atoms with van der Waals surface area (Å²) in [6.07, 6.45) is 3.58. The maximum absolute atomic E-state index is 11.2. The fourth-order valence-electron chi connectivity index (χ4n) is 2.48. The first-order chi connectivity index (χ1) is 9.74. The van der Waals surface area contributed by atoms with Crippen LogP contribution >= 0.6 is 22.7 Å². The van der Waals surface area contributed by atoms with Crippen molar-refractivity contribution in [2.24, 2.45) is 0 Å². The van der Waals surface area contributed by atoms with Crippen LogP contribution in [0.15, 0.2) is 16.8 Å². The molecule has 1 aliphatic rings. The van der Waals surface area contributed by atoms with E-state index in [0.29, 0.717) is 6.42 Å². The fraction of sp³-hybridized carbons (Fsp3) is 0.429. The van der Waals surface area contributed by atoms with Crippen LogP contribution in [-0.4, -0.2) is 22.6 Å². The molecule has 0 saturated carbocycles. The zero-order valence-electron chi connectivity index (χ0n) is 11.0. The van der Waals surface area contributed by atoms with E-state index in [1.165, 1.54) is 5.56 Å². The van der Waals surface area contributed by atoms with E-state index in [0.717, 1.165) is 41.5 Å². The number of nitrogens with zero attached hydrogens (tertiary/aromatic N) is 1. The van der Waals surface area contributed by atoms with Gasteiger partial charge in [0.2, 0.25) is 0 Å². The predicted octanol–water partition coefficient (Wildman–Crippen LogP) is 3.36. The van der Waals surface area contributed by atoms with Gasteiger partial charge in [-0.05, 0) is 48.1 Å². The molecule has 2 heterocycles. The van der Waals surface area contributed by atoms with Gasteiger partial charge < -0.3 is 10.4 Å². The second-order valence-corrected chi connectivity index (χ2v) is 6.78. The number of carbonyl (C=O) groups is 1. The van der Waals surface area contributed by atoms with E-state index in [1.54, 1.807) is 22.7 Å². The van der Waals surface area contributed by atoms with Gasteiger partial charge >= 0.3 is 5.97 Å². The number of aromatic nitrogens is 1. The maximum Gasteiger partial charge on any atom is 0.312 e. The molecule has 0 saturated heterocycles. The summed E-state index contributed by atoms with van der Waals surface area (Å²) in [6, 6.07) is 2.12. The molecule has 4 nitrogen and oxygen atoms in total. The van der Waals surface area contributed by atoms with Gasteiger partial charge in [0.15, 0.2) is 5.13 Å². The predicted molar refractivity (Wildman–Crippen MR) is 81.9 cm³/mol. The number of fused-ring (bicyclic) bond motifs is 1. The van der Waals surface area contributed by atoms with E-state index >= 15 is 0 Å². The molecule has 106 valence electrons. The summed E-state index contributed by atoms with van der Waals surface area (Å²) >= 11 is 3.32. The molecule has 0 amide bonds. The van der Waals surface area contributed by atoms with E-state index in [9.17, 15) is 9.90 Å². The highest BCUT2D eigenvalue weighted by Crippen LogP contribution is 2.36. The molecule has 0 spiro atoms. The molecule has 2 N–H and O–H groups in total. The Labute approximate surface area is 125 Å². The molecule has 2 aromatic rings. The van der Waals surface area contributed by atoms with Crippen LogP contribution in [0.4, 0.5) is 5.13 Å². The first-order valence-corrected chi connectivity index (χ1v) is 8.47. The Balaban J connectivity index is 1.65. The van der Waals surface area contributed by atoms with Gasteiger partial charge in [-0.25, -0.2) is 4.98 Å². The number of anilines is 1. The number of carboxylic acids is 1. The molecule has 0 aliphatic heterocycles. The van der Waals surface area contributed by atoms with Gasteiger partial charge in [0, 0.05) is 11.4 Å². The topological polar surface area (TPSA) is 62.2 Å². The number of nitrogens with one attached hydrogen (secondary N) is 1. The quantitative estimate of drug-likeness (QED) is 0.889. The number of aryl methyl sites for hydroxylation is 1. The Morgan fingerprint density at radius 2 is 2.45 bits per heavy atom. The Morgan fingerprint density at radius 1 is 1.55 bits per heavy atom. The second kappa shape index (κ2) is 5.93. The Bertz CT molecular complexity index is 592. The minimum atomic E-state index is -0.749. The summed E-state index contributed by atoms with van der Waals surface area (Å²) in [5.41, 5.74) is 2.11. The first-order valence-electron chi connectivity index (χ1n) is 6.71. The fourth-order valence-corrected chi connectivity index (χ4v) is 4.28. The van der Waals surface area contributed by atoms with E-state index in [-0.39, 0.29) is 0 Å². The molecule has 0 bridgehead atoms. The van der Waals surface area contributed by atoms with E-state index < -0.39 is 11.9 Å². The van der Waals surface area contributed by atoms with E-state index in [1.807, 2.05) is 0 Å². The van der Waals surface area contributed by atoms with Crippen molar-refractivity contribution >= 4 is 33.8 Å². The van der Waals surface area contributed by atoms with Crippen molar-refractivity contribution in [2.75, 3.05) is 11.9 Å². The van der Waals surface area contributed by atoms with Crippen LogP contribution in [-0.2, 0) is 17.6 Å². The molecular formula is C14H16N2O2S2. The second-order valence-electron chi connectivity index (χ2n) is 4.92. The summed E-state index contributed by atoms with van der Waals surface area (Å²) in [5, 5.41) is 17.6. The average Bonchev–Trinajstić information content (AvgIpc) is 3.06. The molecular weight excluding hydrogens is 292 g/mol. The molecule has 20 heavy (non-hydrogen) atoms.